The summed E-state index contributed by atoms with van der Waals surface area (Å²) in [6.07, 6.45) is 1.27. The zero-order chi connectivity index (χ0) is 24.5. The highest BCUT2D eigenvalue weighted by molar-refractivity contribution is 5.90. The number of nitrogens with zero attached hydrogens (tertiary/aromatic N) is 4. The molecule has 8 nitrogen and oxygen atoms in total. The number of likely N-dealkylation sites (N-methyl/N-ethyl adjacent to an activating group) is 1. The number of nitrogens with one attached hydrogen (secondary N) is 1. The third kappa shape index (κ3) is 4.59. The van der Waals surface area contributed by atoms with Gasteiger partial charge in [-0.1, -0.05) is 80.6 Å². The predicted molar refractivity (Wildman–Crippen MR) is 130 cm³/mol. The van der Waals surface area contributed by atoms with Crippen LogP contribution in [0.5, 0.6) is 0 Å². The highest BCUT2D eigenvalue weighted by atomic mass is 16.3. The molecule has 2 heterocycles. The van der Waals surface area contributed by atoms with Crippen LogP contribution in [-0.4, -0.2) is 62.6 Å². The van der Waals surface area contributed by atoms with E-state index in [1.165, 1.54) is 11.9 Å². The Bertz CT molecular complexity index is 1170. The van der Waals surface area contributed by atoms with Crippen molar-refractivity contribution >= 4 is 11.8 Å². The molecule has 8 heteroatoms. The lowest BCUT2D eigenvalue weighted by Crippen LogP contribution is -2.49. The van der Waals surface area contributed by atoms with Gasteiger partial charge in [0.1, 0.15) is 17.8 Å². The van der Waals surface area contributed by atoms with E-state index in [0.29, 0.717) is 5.69 Å². The second-order valence-corrected chi connectivity index (χ2v) is 9.77. The van der Waals surface area contributed by atoms with Crippen LogP contribution in [0.3, 0.4) is 0 Å². The molecule has 1 aromatic heterocycles. The van der Waals surface area contributed by atoms with Crippen molar-refractivity contribution in [2.75, 3.05) is 13.6 Å². The van der Waals surface area contributed by atoms with Crippen molar-refractivity contribution in [2.24, 2.45) is 5.41 Å². The molecule has 0 saturated carbocycles. The first-order chi connectivity index (χ1) is 16.2. The highest BCUT2D eigenvalue weighted by Gasteiger charge is 2.45. The summed E-state index contributed by atoms with van der Waals surface area (Å²) in [5.74, 6) is -0.543. The van der Waals surface area contributed by atoms with Gasteiger partial charge in [-0.2, -0.15) is 0 Å². The SMILES string of the molecule is CNC(=O)[C@H]1CC(O)CN1C(=O)C(n1cc(-c2ccccc2-c2ccccc2)nn1)C(C)(C)C. The maximum atomic E-state index is 13.7. The fourth-order valence-corrected chi connectivity index (χ4v) is 4.61. The van der Waals surface area contributed by atoms with Crippen LogP contribution in [0.25, 0.3) is 22.4 Å². The van der Waals surface area contributed by atoms with Gasteiger partial charge in [0.2, 0.25) is 11.8 Å². The summed E-state index contributed by atoms with van der Waals surface area (Å²) in [4.78, 5) is 27.6. The Morgan fingerprint density at radius 1 is 1.06 bits per heavy atom. The van der Waals surface area contributed by atoms with Gasteiger partial charge in [-0.3, -0.25) is 9.59 Å². The predicted octanol–water partition coefficient (Wildman–Crippen LogP) is 2.91. The Kier molecular flexibility index (Phi) is 6.52. The van der Waals surface area contributed by atoms with Crippen LogP contribution in [0.4, 0.5) is 0 Å². The van der Waals surface area contributed by atoms with E-state index >= 15 is 0 Å². The molecule has 1 saturated heterocycles. The van der Waals surface area contributed by atoms with Gasteiger partial charge in [-0.05, 0) is 16.5 Å². The average molecular weight is 462 g/mol. The minimum absolute atomic E-state index is 0.113. The van der Waals surface area contributed by atoms with Crippen LogP contribution >= 0.6 is 0 Å². The van der Waals surface area contributed by atoms with E-state index in [9.17, 15) is 14.7 Å². The van der Waals surface area contributed by atoms with Crippen molar-refractivity contribution < 1.29 is 14.7 Å². The third-order valence-electron chi connectivity index (χ3n) is 6.23. The van der Waals surface area contributed by atoms with E-state index in [1.54, 1.807) is 10.9 Å². The lowest BCUT2D eigenvalue weighted by molar-refractivity contribution is -0.144. The van der Waals surface area contributed by atoms with Gasteiger partial charge in [0.15, 0.2) is 0 Å². The number of rotatable bonds is 5. The van der Waals surface area contributed by atoms with E-state index in [-0.39, 0.29) is 24.8 Å². The molecular weight excluding hydrogens is 430 g/mol. The number of carbonyl (C=O) groups excluding carboxylic acids is 2. The second-order valence-electron chi connectivity index (χ2n) is 9.77. The van der Waals surface area contributed by atoms with Crippen LogP contribution in [0.1, 0.15) is 33.2 Å². The molecule has 1 aliphatic rings. The summed E-state index contributed by atoms with van der Waals surface area (Å²) in [7, 11) is 1.53. The van der Waals surface area contributed by atoms with Crippen LogP contribution in [-0.2, 0) is 9.59 Å². The number of amides is 2. The van der Waals surface area contributed by atoms with Gasteiger partial charge >= 0.3 is 0 Å². The van der Waals surface area contributed by atoms with Crippen LogP contribution in [0, 0.1) is 5.41 Å². The number of aliphatic hydroxyl groups is 1. The topological polar surface area (TPSA) is 100 Å². The highest BCUT2D eigenvalue weighted by Crippen LogP contribution is 2.36. The maximum Gasteiger partial charge on any atom is 0.248 e. The fourth-order valence-electron chi connectivity index (χ4n) is 4.61. The van der Waals surface area contributed by atoms with Crippen molar-refractivity contribution in [1.82, 2.24) is 25.2 Å². The van der Waals surface area contributed by atoms with Gasteiger partial charge in [0.05, 0.1) is 12.3 Å². The maximum absolute atomic E-state index is 13.7. The van der Waals surface area contributed by atoms with Gasteiger partial charge in [0.25, 0.3) is 0 Å². The van der Waals surface area contributed by atoms with Crippen LogP contribution < -0.4 is 5.32 Å². The molecule has 0 aliphatic carbocycles. The van der Waals surface area contributed by atoms with Crippen molar-refractivity contribution in [3.05, 3.63) is 60.8 Å². The summed E-state index contributed by atoms with van der Waals surface area (Å²) >= 11 is 0. The molecule has 2 N–H and O–H groups in total. The first-order valence-corrected chi connectivity index (χ1v) is 11.5. The number of likely N-dealkylation sites (tertiary alicyclic amines) is 1. The molecule has 0 spiro atoms. The number of hydrogen-bond acceptors (Lipinski definition) is 5. The zero-order valence-electron chi connectivity index (χ0n) is 20.0. The van der Waals surface area contributed by atoms with E-state index in [0.717, 1.165) is 16.7 Å². The Labute approximate surface area is 199 Å². The van der Waals surface area contributed by atoms with E-state index in [4.69, 9.17) is 0 Å². The molecule has 1 fully saturated rings. The van der Waals surface area contributed by atoms with Crippen LogP contribution in [0.15, 0.2) is 60.8 Å². The molecule has 2 unspecified atom stereocenters. The lowest BCUT2D eigenvalue weighted by Gasteiger charge is -2.34. The molecule has 34 heavy (non-hydrogen) atoms. The monoisotopic (exact) mass is 461 g/mol. The van der Waals surface area contributed by atoms with Crippen molar-refractivity contribution in [2.45, 2.75) is 45.4 Å². The minimum Gasteiger partial charge on any atom is -0.391 e. The molecule has 2 aromatic carbocycles. The molecule has 0 bridgehead atoms. The quantitative estimate of drug-likeness (QED) is 0.609. The Hall–Kier alpha value is -3.52. The molecule has 2 amide bonds. The summed E-state index contributed by atoms with van der Waals surface area (Å²) in [5.41, 5.74) is 3.15. The number of aliphatic hydroxyl groups excluding tert-OH is 1. The Morgan fingerprint density at radius 3 is 2.35 bits per heavy atom. The normalized spacial score (nSPS) is 19.1. The van der Waals surface area contributed by atoms with Crippen LogP contribution in [0.2, 0.25) is 0 Å². The van der Waals surface area contributed by atoms with Gasteiger partial charge in [-0.15, -0.1) is 5.10 Å². The summed E-state index contributed by atoms with van der Waals surface area (Å²) in [6.45, 7) is 5.98. The summed E-state index contributed by atoms with van der Waals surface area (Å²) < 4.78 is 1.59. The number of β-amino-alcohol motifs (C(OH)–C–C–N with tert-alkyl or cyclic N) is 1. The van der Waals surface area contributed by atoms with E-state index in [2.05, 4.69) is 15.6 Å². The van der Waals surface area contributed by atoms with Gasteiger partial charge in [-0.25, -0.2) is 4.68 Å². The number of carbonyl (C=O) groups is 2. The molecule has 178 valence electrons. The second kappa shape index (κ2) is 9.38. The molecular formula is C26H31N5O3. The molecule has 4 rings (SSSR count). The zero-order valence-corrected chi connectivity index (χ0v) is 20.0. The summed E-state index contributed by atoms with van der Waals surface area (Å²) in [6, 6.07) is 16.6. The Balaban J connectivity index is 1.71. The molecule has 0 radical (unpaired) electrons. The standard InChI is InChI=1S/C26H31N5O3/c1-26(2,3)23(25(34)30-15-18(32)14-22(30)24(33)27-4)31-16-21(28-29-31)20-13-9-8-12-19(20)17-10-6-5-7-11-17/h5-13,16,18,22-23,32H,14-15H2,1-4H3,(H,27,33)/t18?,22-,23?/m1/s1. The number of aromatic nitrogens is 3. The Morgan fingerprint density at radius 2 is 1.71 bits per heavy atom. The average Bonchev–Trinajstić information content (AvgIpc) is 3.45. The van der Waals surface area contributed by atoms with Gasteiger partial charge in [0, 0.05) is 25.6 Å². The van der Waals surface area contributed by atoms with E-state index < -0.39 is 23.6 Å². The first kappa shape index (κ1) is 23.6. The first-order valence-electron chi connectivity index (χ1n) is 11.5. The number of hydrogen-bond donors (Lipinski definition) is 2. The molecule has 3 atom stereocenters. The third-order valence-corrected chi connectivity index (χ3v) is 6.23. The van der Waals surface area contributed by atoms with Crippen molar-refractivity contribution in [3.63, 3.8) is 0 Å². The fraction of sp³-hybridized carbons (Fsp3) is 0.385. The van der Waals surface area contributed by atoms with Crippen molar-refractivity contribution in [1.29, 1.82) is 0 Å². The minimum atomic E-state index is -0.740. The van der Waals surface area contributed by atoms with Crippen molar-refractivity contribution in [3.8, 4) is 22.4 Å². The molecule has 3 aromatic rings. The number of benzene rings is 2. The van der Waals surface area contributed by atoms with Gasteiger partial charge < -0.3 is 15.3 Å². The summed E-state index contributed by atoms with van der Waals surface area (Å²) in [5, 5.41) is 21.6. The van der Waals surface area contributed by atoms with E-state index in [1.807, 2.05) is 75.4 Å². The smallest absolute Gasteiger partial charge is 0.248 e. The largest absolute Gasteiger partial charge is 0.391 e. The lowest BCUT2D eigenvalue weighted by atomic mass is 9.85. The molecule has 1 aliphatic heterocycles.